The average Bonchev–Trinajstić information content (AvgIpc) is 2.75. The van der Waals surface area contributed by atoms with Crippen molar-refractivity contribution in [3.63, 3.8) is 0 Å². The van der Waals surface area contributed by atoms with Crippen molar-refractivity contribution in [2.45, 2.75) is 0 Å². The van der Waals surface area contributed by atoms with Crippen LogP contribution in [0.5, 0.6) is 5.75 Å². The smallest absolute Gasteiger partial charge is 0.255 e. The molecule has 142 valence electrons. The zero-order chi connectivity index (χ0) is 20.5. The van der Waals surface area contributed by atoms with Gasteiger partial charge in [0.15, 0.2) is 11.6 Å². The van der Waals surface area contributed by atoms with Gasteiger partial charge in [0.1, 0.15) is 5.75 Å². The Kier molecular flexibility index (Phi) is 4.57. The van der Waals surface area contributed by atoms with Crippen molar-refractivity contribution in [2.75, 3.05) is 7.11 Å². The number of pyridine rings is 1. The van der Waals surface area contributed by atoms with Crippen LogP contribution in [0, 0.1) is 23.0 Å². The molecule has 0 fully saturated rings. The summed E-state index contributed by atoms with van der Waals surface area (Å²) >= 11 is 0. The number of H-pyrrole nitrogens is 1. The van der Waals surface area contributed by atoms with Gasteiger partial charge in [-0.05, 0) is 59.2 Å². The molecule has 0 amide bonds. The summed E-state index contributed by atoms with van der Waals surface area (Å²) in [7, 11) is 1.51. The molecule has 1 heterocycles. The zero-order valence-corrected chi connectivity index (χ0v) is 15.3. The van der Waals surface area contributed by atoms with E-state index in [1.807, 2.05) is 6.07 Å². The summed E-state index contributed by atoms with van der Waals surface area (Å²) in [6.45, 7) is 0. The Balaban J connectivity index is 2.05. The molecule has 0 radical (unpaired) electrons. The standard InChI is InChI=1S/C23H14F2N2O2/c1-29-15-6-7-16-18(8-15)20(12-27-23(16)28)19-10-22(25)21(24)9-17(19)14-4-2-13(11-26)3-5-14/h2-10,12H,1H3,(H,27,28). The van der Waals surface area contributed by atoms with Crippen LogP contribution in [0.4, 0.5) is 8.78 Å². The first-order valence-electron chi connectivity index (χ1n) is 8.71. The fraction of sp³-hybridized carbons (Fsp3) is 0.0435. The number of hydrogen-bond donors (Lipinski definition) is 1. The molecule has 4 aromatic rings. The minimum absolute atomic E-state index is 0.297. The van der Waals surface area contributed by atoms with Crippen LogP contribution in [0.2, 0.25) is 0 Å². The van der Waals surface area contributed by atoms with E-state index in [4.69, 9.17) is 10.00 Å². The third kappa shape index (κ3) is 3.23. The molecule has 6 heteroatoms. The van der Waals surface area contributed by atoms with Crippen molar-refractivity contribution >= 4 is 10.8 Å². The van der Waals surface area contributed by atoms with Crippen molar-refractivity contribution in [3.05, 3.63) is 88.3 Å². The first kappa shape index (κ1) is 18.4. The van der Waals surface area contributed by atoms with Crippen LogP contribution in [0.1, 0.15) is 5.56 Å². The summed E-state index contributed by atoms with van der Waals surface area (Å²) in [5.41, 5.74) is 2.13. The van der Waals surface area contributed by atoms with E-state index in [0.29, 0.717) is 44.3 Å². The SMILES string of the molecule is COc1ccc2c(=O)[nH]cc(-c3cc(F)c(F)cc3-c3ccc(C#N)cc3)c2c1. The van der Waals surface area contributed by atoms with Gasteiger partial charge in [-0.1, -0.05) is 12.1 Å². The van der Waals surface area contributed by atoms with E-state index in [1.54, 1.807) is 42.5 Å². The van der Waals surface area contributed by atoms with Gasteiger partial charge in [-0.15, -0.1) is 0 Å². The van der Waals surface area contributed by atoms with Crippen molar-refractivity contribution in [1.29, 1.82) is 5.26 Å². The summed E-state index contributed by atoms with van der Waals surface area (Å²) < 4.78 is 33.5. The average molecular weight is 388 g/mol. The number of nitriles is 1. The van der Waals surface area contributed by atoms with E-state index in [0.717, 1.165) is 12.1 Å². The fourth-order valence-electron chi connectivity index (χ4n) is 3.32. The molecular weight excluding hydrogens is 374 g/mol. The molecule has 0 aliphatic heterocycles. The Hall–Kier alpha value is -3.98. The molecule has 0 spiro atoms. The molecule has 0 unspecified atom stereocenters. The fourth-order valence-corrected chi connectivity index (χ4v) is 3.32. The Bertz CT molecular complexity index is 1340. The molecule has 1 N–H and O–H groups in total. The number of nitrogens with zero attached hydrogens (tertiary/aromatic N) is 1. The highest BCUT2D eigenvalue weighted by Crippen LogP contribution is 2.37. The summed E-state index contributed by atoms with van der Waals surface area (Å²) in [5.74, 6) is -1.45. The first-order chi connectivity index (χ1) is 14.0. The zero-order valence-electron chi connectivity index (χ0n) is 15.3. The lowest BCUT2D eigenvalue weighted by Gasteiger charge is -2.14. The lowest BCUT2D eigenvalue weighted by Crippen LogP contribution is -2.06. The van der Waals surface area contributed by atoms with Crippen molar-refractivity contribution in [1.82, 2.24) is 4.98 Å². The van der Waals surface area contributed by atoms with E-state index >= 15 is 0 Å². The number of hydrogen-bond acceptors (Lipinski definition) is 3. The second-order valence-electron chi connectivity index (χ2n) is 6.44. The summed E-state index contributed by atoms with van der Waals surface area (Å²) in [6, 6.07) is 15.8. The van der Waals surface area contributed by atoms with Gasteiger partial charge < -0.3 is 9.72 Å². The summed E-state index contributed by atoms with van der Waals surface area (Å²) in [6.07, 6.45) is 1.48. The van der Waals surface area contributed by atoms with Gasteiger partial charge in [0, 0.05) is 22.5 Å². The largest absolute Gasteiger partial charge is 0.497 e. The predicted octanol–water partition coefficient (Wildman–Crippen LogP) is 5.02. The lowest BCUT2D eigenvalue weighted by atomic mass is 9.92. The highest BCUT2D eigenvalue weighted by molar-refractivity contribution is 6.00. The molecule has 29 heavy (non-hydrogen) atoms. The predicted molar refractivity (Wildman–Crippen MR) is 107 cm³/mol. The number of methoxy groups -OCH3 is 1. The molecule has 4 nitrogen and oxygen atoms in total. The van der Waals surface area contributed by atoms with Crippen molar-refractivity contribution in [3.8, 4) is 34.1 Å². The minimum Gasteiger partial charge on any atom is -0.497 e. The van der Waals surface area contributed by atoms with Crippen LogP contribution in [0.3, 0.4) is 0 Å². The highest BCUT2D eigenvalue weighted by atomic mass is 19.2. The molecular formula is C23H14F2N2O2. The third-order valence-corrected chi connectivity index (χ3v) is 4.78. The van der Waals surface area contributed by atoms with Crippen molar-refractivity contribution < 1.29 is 13.5 Å². The Labute approximate surface area is 164 Å². The van der Waals surface area contributed by atoms with Gasteiger partial charge in [-0.25, -0.2) is 8.78 Å². The molecule has 0 saturated carbocycles. The number of benzene rings is 3. The molecule has 4 rings (SSSR count). The van der Waals surface area contributed by atoms with Crippen LogP contribution in [-0.2, 0) is 0 Å². The van der Waals surface area contributed by atoms with Crippen molar-refractivity contribution in [2.24, 2.45) is 0 Å². The number of aromatic amines is 1. The van der Waals surface area contributed by atoms with Crippen LogP contribution >= 0.6 is 0 Å². The van der Waals surface area contributed by atoms with Gasteiger partial charge in [-0.3, -0.25) is 4.79 Å². The maximum absolute atomic E-state index is 14.2. The number of ether oxygens (including phenoxy) is 1. The van der Waals surface area contributed by atoms with E-state index in [-0.39, 0.29) is 5.56 Å². The van der Waals surface area contributed by atoms with Crippen LogP contribution in [0.25, 0.3) is 33.0 Å². The molecule has 0 saturated heterocycles. The number of aromatic nitrogens is 1. The third-order valence-electron chi connectivity index (χ3n) is 4.78. The van der Waals surface area contributed by atoms with Gasteiger partial charge in [-0.2, -0.15) is 5.26 Å². The topological polar surface area (TPSA) is 65.9 Å². The number of fused-ring (bicyclic) bond motifs is 1. The minimum atomic E-state index is -1.00. The molecule has 0 atom stereocenters. The van der Waals surface area contributed by atoms with Gasteiger partial charge >= 0.3 is 0 Å². The molecule has 0 bridgehead atoms. The molecule has 1 aromatic heterocycles. The normalized spacial score (nSPS) is 10.7. The second kappa shape index (κ2) is 7.21. The van der Waals surface area contributed by atoms with Gasteiger partial charge in [0.25, 0.3) is 5.56 Å². The Morgan fingerprint density at radius 2 is 1.59 bits per heavy atom. The maximum atomic E-state index is 14.2. The highest BCUT2D eigenvalue weighted by Gasteiger charge is 2.17. The summed E-state index contributed by atoms with van der Waals surface area (Å²) in [5, 5.41) is 9.95. The molecule has 0 aliphatic carbocycles. The molecule has 3 aromatic carbocycles. The number of nitrogens with one attached hydrogen (secondary N) is 1. The first-order valence-corrected chi connectivity index (χ1v) is 8.71. The number of rotatable bonds is 3. The van der Waals surface area contributed by atoms with Crippen LogP contribution in [0.15, 0.2) is 65.6 Å². The monoisotopic (exact) mass is 388 g/mol. The van der Waals surface area contributed by atoms with E-state index in [9.17, 15) is 13.6 Å². The van der Waals surface area contributed by atoms with Crippen LogP contribution < -0.4 is 10.3 Å². The Morgan fingerprint density at radius 3 is 2.24 bits per heavy atom. The van der Waals surface area contributed by atoms with E-state index < -0.39 is 11.6 Å². The summed E-state index contributed by atoms with van der Waals surface area (Å²) in [4.78, 5) is 14.9. The van der Waals surface area contributed by atoms with Gasteiger partial charge in [0.2, 0.25) is 0 Å². The van der Waals surface area contributed by atoms with Crippen LogP contribution in [-0.4, -0.2) is 12.1 Å². The lowest BCUT2D eigenvalue weighted by molar-refractivity contribution is 0.415. The van der Waals surface area contributed by atoms with Gasteiger partial charge in [0.05, 0.1) is 18.7 Å². The van der Waals surface area contributed by atoms with E-state index in [2.05, 4.69) is 4.98 Å². The second-order valence-corrected chi connectivity index (χ2v) is 6.44. The quantitative estimate of drug-likeness (QED) is 0.536. The molecule has 0 aliphatic rings. The maximum Gasteiger partial charge on any atom is 0.255 e. The Morgan fingerprint density at radius 1 is 0.897 bits per heavy atom. The number of halogens is 2. The van der Waals surface area contributed by atoms with E-state index in [1.165, 1.54) is 13.3 Å².